The van der Waals surface area contributed by atoms with E-state index in [2.05, 4.69) is 22.3 Å². The van der Waals surface area contributed by atoms with E-state index in [1.807, 2.05) is 28.0 Å². The molecule has 0 saturated carbocycles. The normalized spacial score (nSPS) is 17.8. The number of anilines is 1. The second-order valence-corrected chi connectivity index (χ2v) is 7.74. The number of hydrogen-bond acceptors (Lipinski definition) is 4. The standard InChI is InChI=1S/C23H29FN4O2/c24-21-7-3-4-8-22(21)27-9-11-28(12-10-27)23(29)25-17-19-5-1-2-6-20(19)18-26-13-15-30-16-14-26/h1-8H,9-18H2,(H,25,29). The number of urea groups is 1. The van der Waals surface area contributed by atoms with Gasteiger partial charge in [0.25, 0.3) is 0 Å². The smallest absolute Gasteiger partial charge is 0.317 e. The van der Waals surface area contributed by atoms with E-state index in [1.54, 1.807) is 12.1 Å². The number of amides is 2. The molecule has 2 aromatic rings. The summed E-state index contributed by atoms with van der Waals surface area (Å²) in [7, 11) is 0. The van der Waals surface area contributed by atoms with Gasteiger partial charge in [-0.2, -0.15) is 0 Å². The first kappa shape index (κ1) is 20.6. The van der Waals surface area contributed by atoms with Crippen molar-refractivity contribution in [1.82, 2.24) is 15.1 Å². The van der Waals surface area contributed by atoms with E-state index >= 15 is 0 Å². The summed E-state index contributed by atoms with van der Waals surface area (Å²) in [6.45, 7) is 7.22. The molecule has 0 atom stereocenters. The van der Waals surface area contributed by atoms with Crippen molar-refractivity contribution in [2.75, 3.05) is 57.4 Å². The topological polar surface area (TPSA) is 48.1 Å². The van der Waals surface area contributed by atoms with Crippen LogP contribution >= 0.6 is 0 Å². The quantitative estimate of drug-likeness (QED) is 0.821. The van der Waals surface area contributed by atoms with Crippen LogP contribution in [0.1, 0.15) is 11.1 Å². The van der Waals surface area contributed by atoms with E-state index in [1.165, 1.54) is 11.6 Å². The summed E-state index contributed by atoms with van der Waals surface area (Å²) in [6, 6.07) is 15.0. The number of carbonyl (C=O) groups is 1. The minimum atomic E-state index is -0.215. The minimum Gasteiger partial charge on any atom is -0.379 e. The van der Waals surface area contributed by atoms with Gasteiger partial charge in [-0.15, -0.1) is 0 Å². The molecule has 0 bridgehead atoms. The Kier molecular flexibility index (Phi) is 6.81. The molecule has 2 aromatic carbocycles. The van der Waals surface area contributed by atoms with Crippen molar-refractivity contribution in [1.29, 1.82) is 0 Å². The summed E-state index contributed by atoms with van der Waals surface area (Å²) in [5.74, 6) is -0.215. The summed E-state index contributed by atoms with van der Waals surface area (Å²) in [5.41, 5.74) is 2.99. The fourth-order valence-corrected chi connectivity index (χ4v) is 4.03. The van der Waals surface area contributed by atoms with E-state index in [4.69, 9.17) is 4.74 Å². The summed E-state index contributed by atoms with van der Waals surface area (Å²) < 4.78 is 19.4. The van der Waals surface area contributed by atoms with Crippen molar-refractivity contribution < 1.29 is 13.9 Å². The molecule has 0 unspecified atom stereocenters. The van der Waals surface area contributed by atoms with E-state index in [0.29, 0.717) is 38.4 Å². The molecule has 2 aliphatic rings. The average Bonchev–Trinajstić information content (AvgIpc) is 2.79. The third-order valence-corrected chi connectivity index (χ3v) is 5.81. The first-order chi connectivity index (χ1) is 14.7. The molecular formula is C23H29FN4O2. The van der Waals surface area contributed by atoms with E-state index < -0.39 is 0 Å². The van der Waals surface area contributed by atoms with Gasteiger partial charge in [0.05, 0.1) is 18.9 Å². The lowest BCUT2D eigenvalue weighted by Crippen LogP contribution is -2.52. The Hall–Kier alpha value is -2.64. The van der Waals surface area contributed by atoms with Crippen molar-refractivity contribution in [3.63, 3.8) is 0 Å². The van der Waals surface area contributed by atoms with Crippen LogP contribution in [0, 0.1) is 5.82 Å². The Morgan fingerprint density at radius 2 is 1.57 bits per heavy atom. The number of para-hydroxylation sites is 1. The van der Waals surface area contributed by atoms with Crippen molar-refractivity contribution in [2.24, 2.45) is 0 Å². The number of nitrogens with one attached hydrogen (secondary N) is 1. The molecule has 6 nitrogen and oxygen atoms in total. The van der Waals surface area contributed by atoms with Gasteiger partial charge in [0.15, 0.2) is 0 Å². The van der Waals surface area contributed by atoms with Gasteiger partial charge < -0.3 is 19.9 Å². The molecule has 2 aliphatic heterocycles. The molecule has 2 fully saturated rings. The van der Waals surface area contributed by atoms with Gasteiger partial charge >= 0.3 is 6.03 Å². The van der Waals surface area contributed by atoms with Crippen LogP contribution < -0.4 is 10.2 Å². The fraction of sp³-hybridized carbons (Fsp3) is 0.435. The van der Waals surface area contributed by atoms with Gasteiger partial charge in [-0.1, -0.05) is 36.4 Å². The Balaban J connectivity index is 1.29. The lowest BCUT2D eigenvalue weighted by molar-refractivity contribution is 0.0341. The highest BCUT2D eigenvalue weighted by atomic mass is 19.1. The second kappa shape index (κ2) is 9.91. The molecule has 2 heterocycles. The first-order valence-corrected chi connectivity index (χ1v) is 10.6. The Morgan fingerprint density at radius 3 is 2.30 bits per heavy atom. The van der Waals surface area contributed by atoms with Gasteiger partial charge in [0.1, 0.15) is 5.82 Å². The number of benzene rings is 2. The average molecular weight is 413 g/mol. The third-order valence-electron chi connectivity index (χ3n) is 5.81. The summed E-state index contributed by atoms with van der Waals surface area (Å²) in [6.07, 6.45) is 0. The van der Waals surface area contributed by atoms with Gasteiger partial charge in [0, 0.05) is 52.4 Å². The van der Waals surface area contributed by atoms with Gasteiger partial charge in [-0.05, 0) is 23.3 Å². The third kappa shape index (κ3) is 5.09. The lowest BCUT2D eigenvalue weighted by Gasteiger charge is -2.36. The van der Waals surface area contributed by atoms with E-state index in [9.17, 15) is 9.18 Å². The zero-order valence-electron chi connectivity index (χ0n) is 17.2. The lowest BCUT2D eigenvalue weighted by atomic mass is 10.1. The van der Waals surface area contributed by atoms with Crippen molar-refractivity contribution in [3.05, 3.63) is 65.5 Å². The molecule has 0 spiro atoms. The second-order valence-electron chi connectivity index (χ2n) is 7.74. The zero-order valence-corrected chi connectivity index (χ0v) is 17.2. The van der Waals surface area contributed by atoms with E-state index in [0.717, 1.165) is 38.4 Å². The number of rotatable bonds is 5. The Bertz CT molecular complexity index is 849. The molecule has 0 aliphatic carbocycles. The van der Waals surface area contributed by atoms with Crippen LogP contribution in [0.5, 0.6) is 0 Å². The molecule has 2 saturated heterocycles. The minimum absolute atomic E-state index is 0.0654. The van der Waals surface area contributed by atoms with Gasteiger partial charge in [0.2, 0.25) is 0 Å². The number of ether oxygens (including phenoxy) is 1. The van der Waals surface area contributed by atoms with Crippen molar-refractivity contribution >= 4 is 11.7 Å². The highest BCUT2D eigenvalue weighted by molar-refractivity contribution is 5.74. The Labute approximate surface area is 177 Å². The maximum absolute atomic E-state index is 14.0. The molecule has 30 heavy (non-hydrogen) atoms. The highest BCUT2D eigenvalue weighted by Gasteiger charge is 2.22. The number of nitrogens with zero attached hydrogens (tertiary/aromatic N) is 3. The number of hydrogen-bond donors (Lipinski definition) is 1. The zero-order chi connectivity index (χ0) is 20.8. The van der Waals surface area contributed by atoms with Crippen LogP contribution in [-0.2, 0) is 17.8 Å². The van der Waals surface area contributed by atoms with Crippen LogP contribution in [0.2, 0.25) is 0 Å². The fourth-order valence-electron chi connectivity index (χ4n) is 4.03. The summed E-state index contributed by atoms with van der Waals surface area (Å²) >= 11 is 0. The summed E-state index contributed by atoms with van der Waals surface area (Å²) in [4.78, 5) is 18.9. The van der Waals surface area contributed by atoms with Gasteiger partial charge in [-0.3, -0.25) is 4.90 Å². The number of carbonyl (C=O) groups excluding carboxylic acids is 1. The molecule has 160 valence electrons. The first-order valence-electron chi connectivity index (χ1n) is 10.6. The maximum atomic E-state index is 14.0. The predicted octanol–water partition coefficient (Wildman–Crippen LogP) is 2.69. The van der Waals surface area contributed by atoms with Crippen LogP contribution in [0.4, 0.5) is 14.9 Å². The largest absolute Gasteiger partial charge is 0.379 e. The number of halogens is 1. The van der Waals surface area contributed by atoms with Crippen molar-refractivity contribution in [3.8, 4) is 0 Å². The van der Waals surface area contributed by atoms with Crippen LogP contribution in [0.25, 0.3) is 0 Å². The monoisotopic (exact) mass is 412 g/mol. The SMILES string of the molecule is O=C(NCc1ccccc1CN1CCOCC1)N1CCN(c2ccccc2F)CC1. The molecule has 4 rings (SSSR count). The molecule has 1 N–H and O–H groups in total. The molecule has 7 heteroatoms. The van der Waals surface area contributed by atoms with Gasteiger partial charge in [-0.25, -0.2) is 9.18 Å². The van der Waals surface area contributed by atoms with Crippen LogP contribution in [0.3, 0.4) is 0 Å². The van der Waals surface area contributed by atoms with Crippen LogP contribution in [0.15, 0.2) is 48.5 Å². The molecule has 0 radical (unpaired) electrons. The van der Waals surface area contributed by atoms with Crippen LogP contribution in [-0.4, -0.2) is 68.3 Å². The maximum Gasteiger partial charge on any atom is 0.317 e. The molecule has 2 amide bonds. The summed E-state index contributed by atoms with van der Waals surface area (Å²) in [5, 5.41) is 3.06. The Morgan fingerprint density at radius 1 is 0.900 bits per heavy atom. The number of morpholine rings is 1. The van der Waals surface area contributed by atoms with Crippen molar-refractivity contribution in [2.45, 2.75) is 13.1 Å². The highest BCUT2D eigenvalue weighted by Crippen LogP contribution is 2.20. The number of piperazine rings is 1. The van der Waals surface area contributed by atoms with E-state index in [-0.39, 0.29) is 11.8 Å². The molecule has 0 aromatic heterocycles. The molecular weight excluding hydrogens is 383 g/mol. The predicted molar refractivity (Wildman–Crippen MR) is 115 cm³/mol.